The van der Waals surface area contributed by atoms with Crippen LogP contribution in [0.15, 0.2) is 23.0 Å². The third-order valence-electron chi connectivity index (χ3n) is 6.38. The Morgan fingerprint density at radius 2 is 1.59 bits per heavy atom. The third kappa shape index (κ3) is 5.05. The normalized spacial score (nSPS) is 27.2. The summed E-state index contributed by atoms with van der Waals surface area (Å²) in [6.07, 6.45) is 9.53. The quantitative estimate of drug-likeness (QED) is 0.449. The fraction of sp³-hybridized carbons (Fsp3) is 0.619. The second-order valence-electron chi connectivity index (χ2n) is 8.20. The predicted molar refractivity (Wildman–Crippen MR) is 104 cm³/mol. The molecule has 0 aromatic carbocycles. The summed E-state index contributed by atoms with van der Waals surface area (Å²) in [5.41, 5.74) is 0.281. The van der Waals surface area contributed by atoms with E-state index < -0.39 is 36.6 Å². The van der Waals surface area contributed by atoms with Crippen LogP contribution in [-0.2, 0) is 19.2 Å². The number of carbonyl (C=O) groups excluding carboxylic acids is 2. The van der Waals surface area contributed by atoms with E-state index in [1.54, 1.807) is 0 Å². The molecule has 2 saturated carbocycles. The number of hydrogen-bond acceptors (Lipinski definition) is 6. The molecular formula is C21H28N2O6. The maximum atomic E-state index is 13.1. The largest absolute Gasteiger partial charge is 0.480 e. The molecule has 3 atom stereocenters. The van der Waals surface area contributed by atoms with Gasteiger partial charge in [-0.1, -0.05) is 32.1 Å². The van der Waals surface area contributed by atoms with Crippen molar-refractivity contribution in [3.63, 3.8) is 0 Å². The number of aliphatic carboxylic acids is 2. The fourth-order valence-electron chi connectivity index (χ4n) is 5.14. The zero-order chi connectivity index (χ0) is 21.0. The SMILES string of the molecule is O=C(O)CNC1=CC(=O)C(NCC(=O)O)=C(CC2CCCC3CCCCC32)C1=O. The minimum absolute atomic E-state index is 0.0377. The lowest BCUT2D eigenvalue weighted by atomic mass is 9.63. The van der Waals surface area contributed by atoms with Gasteiger partial charge in [-0.15, -0.1) is 0 Å². The van der Waals surface area contributed by atoms with E-state index in [0.29, 0.717) is 18.3 Å². The van der Waals surface area contributed by atoms with Gasteiger partial charge in [0.1, 0.15) is 13.1 Å². The Morgan fingerprint density at radius 1 is 0.931 bits per heavy atom. The zero-order valence-electron chi connectivity index (χ0n) is 16.4. The molecule has 0 amide bonds. The Morgan fingerprint density at radius 3 is 2.31 bits per heavy atom. The molecule has 8 heteroatoms. The topological polar surface area (TPSA) is 133 Å². The summed E-state index contributed by atoms with van der Waals surface area (Å²) in [6.45, 7) is -0.926. The fourth-order valence-corrected chi connectivity index (χ4v) is 5.14. The second kappa shape index (κ2) is 9.24. The number of nitrogens with one attached hydrogen (secondary N) is 2. The average Bonchev–Trinajstić information content (AvgIpc) is 2.69. The second-order valence-corrected chi connectivity index (χ2v) is 8.20. The van der Waals surface area contributed by atoms with Gasteiger partial charge in [-0.3, -0.25) is 19.2 Å². The van der Waals surface area contributed by atoms with E-state index in [1.807, 2.05) is 0 Å². The van der Waals surface area contributed by atoms with Crippen LogP contribution in [0.3, 0.4) is 0 Å². The van der Waals surface area contributed by atoms with Crippen LogP contribution in [0, 0.1) is 17.8 Å². The van der Waals surface area contributed by atoms with Gasteiger partial charge >= 0.3 is 11.9 Å². The van der Waals surface area contributed by atoms with Crippen molar-refractivity contribution in [3.05, 3.63) is 23.0 Å². The van der Waals surface area contributed by atoms with Crippen LogP contribution in [-0.4, -0.2) is 46.8 Å². The van der Waals surface area contributed by atoms with Crippen molar-refractivity contribution < 1.29 is 29.4 Å². The number of carboxylic acids is 2. The molecule has 8 nitrogen and oxygen atoms in total. The van der Waals surface area contributed by atoms with Crippen LogP contribution in [0.1, 0.15) is 51.4 Å². The molecule has 0 saturated heterocycles. The van der Waals surface area contributed by atoms with Crippen molar-refractivity contribution in [1.82, 2.24) is 10.6 Å². The molecule has 0 bridgehead atoms. The Labute approximate surface area is 169 Å². The lowest BCUT2D eigenvalue weighted by Crippen LogP contribution is -2.38. The van der Waals surface area contributed by atoms with Gasteiger partial charge < -0.3 is 20.8 Å². The molecule has 3 unspecified atom stereocenters. The number of Topliss-reactive ketones (excluding diaryl/α,β-unsaturated/α-hetero) is 1. The first-order valence-corrected chi connectivity index (χ1v) is 10.3. The number of ketones is 2. The smallest absolute Gasteiger partial charge is 0.322 e. The molecule has 0 spiro atoms. The molecule has 0 heterocycles. The summed E-state index contributed by atoms with van der Waals surface area (Å²) < 4.78 is 0. The summed E-state index contributed by atoms with van der Waals surface area (Å²) in [5, 5.41) is 23.0. The van der Waals surface area contributed by atoms with Crippen molar-refractivity contribution >= 4 is 23.5 Å². The molecule has 158 valence electrons. The van der Waals surface area contributed by atoms with E-state index in [4.69, 9.17) is 10.2 Å². The summed E-state index contributed by atoms with van der Waals surface area (Å²) >= 11 is 0. The van der Waals surface area contributed by atoms with Crippen molar-refractivity contribution in [2.45, 2.75) is 51.4 Å². The highest BCUT2D eigenvalue weighted by atomic mass is 16.4. The predicted octanol–water partition coefficient (Wildman–Crippen LogP) is 1.62. The van der Waals surface area contributed by atoms with E-state index in [2.05, 4.69) is 10.6 Å². The summed E-state index contributed by atoms with van der Waals surface area (Å²) in [5.74, 6) is -1.71. The van der Waals surface area contributed by atoms with E-state index >= 15 is 0 Å². The summed E-state index contributed by atoms with van der Waals surface area (Å²) in [7, 11) is 0. The van der Waals surface area contributed by atoms with Gasteiger partial charge in [0, 0.05) is 11.6 Å². The van der Waals surface area contributed by atoms with Gasteiger partial charge in [0.15, 0.2) is 0 Å². The van der Waals surface area contributed by atoms with Gasteiger partial charge in [-0.05, 0) is 37.0 Å². The Bertz CT molecular complexity index is 767. The van der Waals surface area contributed by atoms with Crippen molar-refractivity contribution in [2.24, 2.45) is 17.8 Å². The van der Waals surface area contributed by atoms with Crippen molar-refractivity contribution in [1.29, 1.82) is 0 Å². The first-order valence-electron chi connectivity index (χ1n) is 10.3. The molecule has 2 fully saturated rings. The Kier molecular flexibility index (Phi) is 6.71. The molecule has 4 N–H and O–H groups in total. The summed E-state index contributed by atoms with van der Waals surface area (Å²) in [4.78, 5) is 47.5. The molecule has 0 aromatic heterocycles. The molecular weight excluding hydrogens is 376 g/mol. The van der Waals surface area contributed by atoms with Gasteiger partial charge in [0.05, 0.1) is 11.4 Å². The molecule has 0 radical (unpaired) electrons. The highest BCUT2D eigenvalue weighted by Crippen LogP contribution is 2.46. The van der Waals surface area contributed by atoms with Crippen LogP contribution in [0.5, 0.6) is 0 Å². The number of rotatable bonds is 8. The van der Waals surface area contributed by atoms with Crippen molar-refractivity contribution in [3.8, 4) is 0 Å². The molecule has 0 aliphatic heterocycles. The van der Waals surface area contributed by atoms with Crippen LogP contribution in [0.2, 0.25) is 0 Å². The average molecular weight is 404 g/mol. The van der Waals surface area contributed by atoms with Crippen LogP contribution >= 0.6 is 0 Å². The maximum Gasteiger partial charge on any atom is 0.322 e. The molecule has 29 heavy (non-hydrogen) atoms. The zero-order valence-corrected chi connectivity index (χ0v) is 16.4. The lowest BCUT2D eigenvalue weighted by Gasteiger charge is -2.42. The lowest BCUT2D eigenvalue weighted by molar-refractivity contribution is -0.137. The number of hydrogen-bond donors (Lipinski definition) is 4. The third-order valence-corrected chi connectivity index (χ3v) is 6.38. The number of carbonyl (C=O) groups is 4. The van der Waals surface area contributed by atoms with E-state index in [-0.39, 0.29) is 22.9 Å². The monoisotopic (exact) mass is 404 g/mol. The van der Waals surface area contributed by atoms with E-state index in [9.17, 15) is 19.2 Å². The molecule has 0 aromatic rings. The van der Waals surface area contributed by atoms with Gasteiger partial charge in [0.25, 0.3) is 0 Å². The number of allylic oxidation sites excluding steroid dienone is 2. The first-order chi connectivity index (χ1) is 13.9. The Balaban J connectivity index is 1.85. The number of carboxylic acid groups (broad SMARTS) is 2. The van der Waals surface area contributed by atoms with Gasteiger partial charge in [-0.2, -0.15) is 0 Å². The van der Waals surface area contributed by atoms with E-state index in [1.165, 1.54) is 25.7 Å². The number of fused-ring (bicyclic) bond motifs is 1. The first kappa shape index (κ1) is 21.1. The highest BCUT2D eigenvalue weighted by Gasteiger charge is 2.38. The minimum atomic E-state index is -1.14. The van der Waals surface area contributed by atoms with Crippen LogP contribution in [0.4, 0.5) is 0 Å². The maximum absolute atomic E-state index is 13.1. The van der Waals surface area contributed by atoms with Gasteiger partial charge in [-0.25, -0.2) is 0 Å². The molecule has 3 rings (SSSR count). The van der Waals surface area contributed by atoms with Crippen LogP contribution < -0.4 is 10.6 Å². The molecule has 3 aliphatic rings. The highest BCUT2D eigenvalue weighted by molar-refractivity contribution is 6.22. The Hall–Kier alpha value is -2.64. The standard InChI is InChI=1S/C21H28N2O6/c24-17-9-16(22-10-18(25)26)21(29)15(20(17)23-11-19(27)28)8-13-6-3-5-12-4-1-2-7-14(12)13/h9,12-14,22-23H,1-8,10-11H2,(H,25,26)(H,27,28). The van der Waals surface area contributed by atoms with Crippen LogP contribution in [0.25, 0.3) is 0 Å². The van der Waals surface area contributed by atoms with E-state index in [0.717, 1.165) is 25.3 Å². The minimum Gasteiger partial charge on any atom is -0.480 e. The summed E-state index contributed by atoms with van der Waals surface area (Å²) in [6, 6.07) is 0. The van der Waals surface area contributed by atoms with Crippen molar-refractivity contribution in [2.75, 3.05) is 13.1 Å². The van der Waals surface area contributed by atoms with Gasteiger partial charge in [0.2, 0.25) is 11.6 Å². The molecule has 3 aliphatic carbocycles.